The van der Waals surface area contributed by atoms with Crippen molar-refractivity contribution in [3.63, 3.8) is 0 Å². The number of hydrogen-bond donors (Lipinski definition) is 0. The van der Waals surface area contributed by atoms with Crippen LogP contribution >= 0.6 is 0 Å². The number of ketones is 2. The van der Waals surface area contributed by atoms with Crippen LogP contribution in [-0.2, 0) is 9.59 Å². The molecule has 0 aromatic carbocycles. The second kappa shape index (κ2) is 8.80. The fraction of sp³-hybridized carbons (Fsp3) is 0. The maximum atomic E-state index is 9.70. The molecular formula is C8H6N2O2. The molecule has 0 unspecified atom stereocenters. The summed E-state index contributed by atoms with van der Waals surface area (Å²) in [5.41, 5.74) is 0. The van der Waals surface area contributed by atoms with Gasteiger partial charge in [-0.1, -0.05) is 13.2 Å². The number of rotatable bonds is 2. The van der Waals surface area contributed by atoms with Gasteiger partial charge in [-0.25, -0.2) is 0 Å². The van der Waals surface area contributed by atoms with E-state index >= 15 is 0 Å². The quantitative estimate of drug-likeness (QED) is 0.438. The van der Waals surface area contributed by atoms with Crippen molar-refractivity contribution in [1.29, 1.82) is 10.5 Å². The van der Waals surface area contributed by atoms with Crippen LogP contribution in [0.2, 0.25) is 0 Å². The lowest BCUT2D eigenvalue weighted by molar-refractivity contribution is -0.110. The van der Waals surface area contributed by atoms with Crippen LogP contribution in [-0.4, -0.2) is 11.6 Å². The van der Waals surface area contributed by atoms with E-state index in [9.17, 15) is 9.59 Å². The van der Waals surface area contributed by atoms with E-state index in [0.717, 1.165) is 12.2 Å². The van der Waals surface area contributed by atoms with Crippen LogP contribution in [0.15, 0.2) is 25.3 Å². The molecule has 0 radical (unpaired) electrons. The van der Waals surface area contributed by atoms with E-state index < -0.39 is 11.6 Å². The Hall–Kier alpha value is -2.20. The van der Waals surface area contributed by atoms with E-state index in [2.05, 4.69) is 13.2 Å². The van der Waals surface area contributed by atoms with Gasteiger partial charge in [0.05, 0.1) is 0 Å². The molecule has 0 aromatic rings. The molecule has 0 amide bonds. The van der Waals surface area contributed by atoms with Gasteiger partial charge in [0, 0.05) is 0 Å². The molecule has 12 heavy (non-hydrogen) atoms. The molecule has 0 spiro atoms. The van der Waals surface area contributed by atoms with E-state index in [0.29, 0.717) is 0 Å². The fourth-order valence-corrected chi connectivity index (χ4v) is 0.0913. The van der Waals surface area contributed by atoms with Gasteiger partial charge in [0.1, 0.15) is 12.1 Å². The summed E-state index contributed by atoms with van der Waals surface area (Å²) < 4.78 is 0. The zero-order valence-corrected chi connectivity index (χ0v) is 6.28. The van der Waals surface area contributed by atoms with Crippen molar-refractivity contribution in [1.82, 2.24) is 0 Å². The molecule has 0 heterocycles. The topological polar surface area (TPSA) is 81.7 Å². The molecule has 0 saturated carbocycles. The molecule has 4 heteroatoms. The first-order chi connectivity index (χ1) is 5.62. The SMILES string of the molecule is C=CC(=O)C#N.C=CC(=O)C#N. The third-order valence-corrected chi connectivity index (χ3v) is 0.591. The van der Waals surface area contributed by atoms with Crippen molar-refractivity contribution >= 4 is 11.6 Å². The van der Waals surface area contributed by atoms with Gasteiger partial charge in [0.2, 0.25) is 0 Å². The Morgan fingerprint density at radius 3 is 1.25 bits per heavy atom. The Labute approximate surface area is 70.0 Å². The number of allylic oxidation sites excluding steroid dienone is 2. The lowest BCUT2D eigenvalue weighted by Crippen LogP contribution is -1.79. The first-order valence-electron chi connectivity index (χ1n) is 2.75. The van der Waals surface area contributed by atoms with Gasteiger partial charge in [-0.3, -0.25) is 9.59 Å². The number of carbonyl (C=O) groups is 2. The van der Waals surface area contributed by atoms with Crippen molar-refractivity contribution in [3.05, 3.63) is 25.3 Å². The van der Waals surface area contributed by atoms with Crippen molar-refractivity contribution in [2.24, 2.45) is 0 Å². The Balaban J connectivity index is 0. The molecule has 0 N–H and O–H groups in total. The van der Waals surface area contributed by atoms with E-state index in [4.69, 9.17) is 10.5 Å². The molecule has 0 fully saturated rings. The lowest BCUT2D eigenvalue weighted by atomic mass is 10.4. The zero-order valence-electron chi connectivity index (χ0n) is 6.28. The van der Waals surface area contributed by atoms with Gasteiger partial charge >= 0.3 is 0 Å². The summed E-state index contributed by atoms with van der Waals surface area (Å²) >= 11 is 0. The van der Waals surface area contributed by atoms with Gasteiger partial charge in [-0.2, -0.15) is 10.5 Å². The van der Waals surface area contributed by atoms with Crippen LogP contribution < -0.4 is 0 Å². The van der Waals surface area contributed by atoms with Gasteiger partial charge in [-0.05, 0) is 12.2 Å². The molecule has 0 aliphatic heterocycles. The first-order valence-corrected chi connectivity index (χ1v) is 2.75. The molecule has 60 valence electrons. The van der Waals surface area contributed by atoms with Gasteiger partial charge in [-0.15, -0.1) is 0 Å². The van der Waals surface area contributed by atoms with E-state index in [1.165, 1.54) is 12.1 Å². The van der Waals surface area contributed by atoms with E-state index in [1.54, 1.807) is 0 Å². The highest BCUT2D eigenvalue weighted by molar-refractivity contribution is 6.02. The maximum Gasteiger partial charge on any atom is 0.254 e. The summed E-state index contributed by atoms with van der Waals surface area (Å²) in [6.45, 7) is 6.12. The van der Waals surface area contributed by atoms with Crippen LogP contribution in [0, 0.1) is 22.7 Å². The largest absolute Gasteiger partial charge is 0.278 e. The molecule has 0 aliphatic carbocycles. The van der Waals surface area contributed by atoms with Crippen LogP contribution in [0.25, 0.3) is 0 Å². The standard InChI is InChI=1S/2C4H3NO/c2*1-2-4(6)3-5/h2*2H,1H2. The normalized spacial score (nSPS) is 5.83. The third-order valence-electron chi connectivity index (χ3n) is 0.591. The van der Waals surface area contributed by atoms with Gasteiger partial charge < -0.3 is 0 Å². The summed E-state index contributed by atoms with van der Waals surface area (Å²) in [5.74, 6) is -1.18. The molecule has 0 bridgehead atoms. The van der Waals surface area contributed by atoms with Crippen LogP contribution in [0.4, 0.5) is 0 Å². The lowest BCUT2D eigenvalue weighted by Gasteiger charge is -1.59. The Morgan fingerprint density at radius 1 is 1.00 bits per heavy atom. The predicted molar refractivity (Wildman–Crippen MR) is 41.6 cm³/mol. The van der Waals surface area contributed by atoms with Crippen molar-refractivity contribution in [2.45, 2.75) is 0 Å². The number of carbonyl (C=O) groups excluding carboxylic acids is 2. The minimum absolute atomic E-state index is 0.588. The van der Waals surface area contributed by atoms with Crippen LogP contribution in [0.3, 0.4) is 0 Å². The van der Waals surface area contributed by atoms with Gasteiger partial charge in [0.25, 0.3) is 11.6 Å². The highest BCUT2D eigenvalue weighted by Crippen LogP contribution is 1.62. The Morgan fingerprint density at radius 2 is 1.25 bits per heavy atom. The van der Waals surface area contributed by atoms with Gasteiger partial charge in [0.15, 0.2) is 0 Å². The summed E-state index contributed by atoms with van der Waals surface area (Å²) in [6, 6.07) is 2.72. The molecule has 0 rings (SSSR count). The van der Waals surface area contributed by atoms with E-state index in [1.807, 2.05) is 0 Å². The first kappa shape index (κ1) is 12.5. The number of nitriles is 2. The second-order valence-corrected chi connectivity index (χ2v) is 1.36. The molecule has 4 nitrogen and oxygen atoms in total. The molecule has 0 aliphatic rings. The smallest absolute Gasteiger partial charge is 0.254 e. The summed E-state index contributed by atoms with van der Waals surface area (Å²) in [7, 11) is 0. The molecule has 0 saturated heterocycles. The van der Waals surface area contributed by atoms with Crippen molar-refractivity contribution in [3.8, 4) is 12.1 Å². The zero-order chi connectivity index (χ0) is 9.98. The maximum absolute atomic E-state index is 9.70. The molecule has 0 aromatic heterocycles. The van der Waals surface area contributed by atoms with Crippen LogP contribution in [0.5, 0.6) is 0 Å². The number of hydrogen-bond acceptors (Lipinski definition) is 4. The van der Waals surface area contributed by atoms with E-state index in [-0.39, 0.29) is 0 Å². The minimum atomic E-state index is -0.588. The summed E-state index contributed by atoms with van der Waals surface area (Å²) in [6.07, 6.45) is 1.94. The average Bonchev–Trinajstić information content (AvgIpc) is 2.16. The Bertz CT molecular complexity index is 248. The Kier molecular flexibility index (Phi) is 9.15. The summed E-state index contributed by atoms with van der Waals surface area (Å²) in [4.78, 5) is 19.4. The number of nitrogens with zero attached hydrogens (tertiary/aromatic N) is 2. The monoisotopic (exact) mass is 162 g/mol. The summed E-state index contributed by atoms with van der Waals surface area (Å²) in [5, 5.41) is 15.3. The molecular weight excluding hydrogens is 156 g/mol. The van der Waals surface area contributed by atoms with Crippen molar-refractivity contribution < 1.29 is 9.59 Å². The fourth-order valence-electron chi connectivity index (χ4n) is 0.0913. The second-order valence-electron chi connectivity index (χ2n) is 1.36. The average molecular weight is 162 g/mol. The predicted octanol–water partition coefficient (Wildman–Crippen LogP) is 0.530. The van der Waals surface area contributed by atoms with Crippen molar-refractivity contribution in [2.75, 3.05) is 0 Å². The highest BCUT2D eigenvalue weighted by Gasteiger charge is 1.81. The minimum Gasteiger partial charge on any atom is -0.278 e. The van der Waals surface area contributed by atoms with Crippen LogP contribution in [0.1, 0.15) is 0 Å². The molecule has 0 atom stereocenters. The highest BCUT2D eigenvalue weighted by atomic mass is 16.1. The third kappa shape index (κ3) is 10.7.